The van der Waals surface area contributed by atoms with Crippen molar-refractivity contribution in [2.24, 2.45) is 0 Å². The highest BCUT2D eigenvalue weighted by molar-refractivity contribution is 6.42. The number of carboxylic acid groups (broad SMARTS) is 1. The van der Waals surface area contributed by atoms with Gasteiger partial charge in [-0.1, -0.05) is 35.3 Å². The fraction of sp³-hybridized carbons (Fsp3) is 0.167. The first kappa shape index (κ1) is 15.7. The van der Waals surface area contributed by atoms with E-state index in [1.54, 1.807) is 12.1 Å². The lowest BCUT2D eigenvalue weighted by Gasteiger charge is -2.06. The lowest BCUT2D eigenvalue weighted by atomic mass is 10.2. The van der Waals surface area contributed by atoms with Crippen molar-refractivity contribution < 1.29 is 23.1 Å². The Bertz CT molecular complexity index is 698. The molecule has 0 spiro atoms. The third-order valence-electron chi connectivity index (χ3n) is 2.62. The fourth-order valence-corrected chi connectivity index (χ4v) is 2.09. The molecule has 1 aromatic heterocycles. The average Bonchev–Trinajstić information content (AvgIpc) is 2.79. The molecule has 112 valence electrons. The normalized spacial score (nSPS) is 11.7. The molecule has 1 aromatic carbocycles. The molecular weight excluding hydrogens is 332 g/mol. The molecule has 0 saturated heterocycles. The Morgan fingerprint density at radius 1 is 1.33 bits per heavy atom. The Labute approximate surface area is 126 Å². The van der Waals surface area contributed by atoms with Crippen LogP contribution >= 0.6 is 23.2 Å². The van der Waals surface area contributed by atoms with Crippen LogP contribution in [0.15, 0.2) is 24.4 Å². The molecule has 0 bridgehead atoms. The highest BCUT2D eigenvalue weighted by Gasteiger charge is 2.39. The molecule has 0 fully saturated rings. The number of benzene rings is 1. The zero-order valence-corrected chi connectivity index (χ0v) is 11.7. The molecule has 0 radical (unpaired) electrons. The summed E-state index contributed by atoms with van der Waals surface area (Å²) >= 11 is 11.7. The molecule has 4 nitrogen and oxygen atoms in total. The quantitative estimate of drug-likeness (QED) is 0.921. The Kier molecular flexibility index (Phi) is 4.15. The van der Waals surface area contributed by atoms with Gasteiger partial charge in [-0.25, -0.2) is 4.79 Å². The van der Waals surface area contributed by atoms with Crippen LogP contribution in [0.4, 0.5) is 13.2 Å². The Morgan fingerprint density at radius 2 is 2.00 bits per heavy atom. The van der Waals surface area contributed by atoms with Gasteiger partial charge in [-0.05, 0) is 11.6 Å². The van der Waals surface area contributed by atoms with E-state index < -0.39 is 23.4 Å². The number of aromatic carboxylic acids is 1. The lowest BCUT2D eigenvalue weighted by Crippen LogP contribution is -2.12. The van der Waals surface area contributed by atoms with Crippen molar-refractivity contribution in [3.63, 3.8) is 0 Å². The molecule has 21 heavy (non-hydrogen) atoms. The van der Waals surface area contributed by atoms with Gasteiger partial charge in [0.05, 0.1) is 16.6 Å². The molecule has 9 heteroatoms. The van der Waals surface area contributed by atoms with Crippen LogP contribution in [-0.2, 0) is 12.7 Å². The molecule has 0 aliphatic rings. The molecule has 0 saturated carbocycles. The largest absolute Gasteiger partial charge is 0.478 e. The molecule has 1 N–H and O–H groups in total. The van der Waals surface area contributed by atoms with Crippen molar-refractivity contribution in [1.29, 1.82) is 0 Å². The SMILES string of the molecule is O=C(O)c1cn(Cc2cccc(Cl)c2Cl)nc1C(F)(F)F. The minimum atomic E-state index is -4.85. The predicted octanol–water partition coefficient (Wildman–Crippen LogP) is 3.96. The van der Waals surface area contributed by atoms with Crippen molar-refractivity contribution in [3.8, 4) is 0 Å². The summed E-state index contributed by atoms with van der Waals surface area (Å²) in [6.45, 7) is -0.129. The van der Waals surface area contributed by atoms with Gasteiger partial charge in [0.2, 0.25) is 0 Å². The molecule has 2 rings (SSSR count). The van der Waals surface area contributed by atoms with Gasteiger partial charge in [0.15, 0.2) is 5.69 Å². The first-order chi connectivity index (χ1) is 9.70. The number of rotatable bonds is 3. The van der Waals surface area contributed by atoms with Crippen molar-refractivity contribution >= 4 is 29.2 Å². The van der Waals surface area contributed by atoms with E-state index in [2.05, 4.69) is 5.10 Å². The maximum atomic E-state index is 12.7. The second-order valence-electron chi connectivity index (χ2n) is 4.10. The van der Waals surface area contributed by atoms with Crippen LogP contribution < -0.4 is 0 Å². The number of carboxylic acids is 1. The monoisotopic (exact) mass is 338 g/mol. The van der Waals surface area contributed by atoms with Gasteiger partial charge < -0.3 is 5.11 Å². The van der Waals surface area contributed by atoms with Crippen molar-refractivity contribution in [1.82, 2.24) is 9.78 Å². The van der Waals surface area contributed by atoms with E-state index in [4.69, 9.17) is 28.3 Å². The number of nitrogens with zero attached hydrogens (tertiary/aromatic N) is 2. The lowest BCUT2D eigenvalue weighted by molar-refractivity contribution is -0.142. The number of hydrogen-bond acceptors (Lipinski definition) is 2. The van der Waals surface area contributed by atoms with Gasteiger partial charge in [-0.3, -0.25) is 4.68 Å². The number of aromatic nitrogens is 2. The van der Waals surface area contributed by atoms with Crippen LogP contribution in [0.25, 0.3) is 0 Å². The van der Waals surface area contributed by atoms with Crippen LogP contribution in [0.3, 0.4) is 0 Å². The second kappa shape index (κ2) is 5.57. The highest BCUT2D eigenvalue weighted by Crippen LogP contribution is 2.31. The van der Waals surface area contributed by atoms with Crippen molar-refractivity contribution in [2.75, 3.05) is 0 Å². The molecule has 2 aromatic rings. The number of alkyl halides is 3. The molecule has 0 amide bonds. The second-order valence-corrected chi connectivity index (χ2v) is 4.89. The van der Waals surface area contributed by atoms with Gasteiger partial charge in [0.1, 0.15) is 5.56 Å². The van der Waals surface area contributed by atoms with Crippen LogP contribution in [0.2, 0.25) is 10.0 Å². The van der Waals surface area contributed by atoms with E-state index in [0.29, 0.717) is 5.56 Å². The van der Waals surface area contributed by atoms with Gasteiger partial charge in [-0.2, -0.15) is 18.3 Å². The summed E-state index contributed by atoms with van der Waals surface area (Å²) in [5.41, 5.74) is -1.94. The minimum absolute atomic E-state index is 0.129. The Hall–Kier alpha value is -1.73. The highest BCUT2D eigenvalue weighted by atomic mass is 35.5. The van der Waals surface area contributed by atoms with E-state index in [9.17, 15) is 18.0 Å². The maximum absolute atomic E-state index is 12.7. The minimum Gasteiger partial charge on any atom is -0.478 e. The smallest absolute Gasteiger partial charge is 0.436 e. The Balaban J connectivity index is 2.42. The van der Waals surface area contributed by atoms with Gasteiger partial charge in [-0.15, -0.1) is 0 Å². The standard InChI is InChI=1S/C12H7Cl2F3N2O2/c13-8-3-1-2-6(9(8)14)4-19-5-7(11(20)21)10(18-19)12(15,16)17/h1-3,5H,4H2,(H,20,21). The number of hydrogen-bond donors (Lipinski definition) is 1. The van der Waals surface area contributed by atoms with Gasteiger partial charge in [0, 0.05) is 6.20 Å². The molecule has 0 atom stereocenters. The van der Waals surface area contributed by atoms with Gasteiger partial charge in [0.25, 0.3) is 0 Å². The molecule has 1 heterocycles. The van der Waals surface area contributed by atoms with Crippen molar-refractivity contribution in [2.45, 2.75) is 12.7 Å². The molecule has 0 aliphatic heterocycles. The number of carbonyl (C=O) groups is 1. The summed E-state index contributed by atoms with van der Waals surface area (Å²) in [6.07, 6.45) is -4.04. The van der Waals surface area contributed by atoms with Crippen LogP contribution in [-0.4, -0.2) is 20.9 Å². The van der Waals surface area contributed by atoms with E-state index in [0.717, 1.165) is 10.9 Å². The van der Waals surface area contributed by atoms with Crippen LogP contribution in [0.5, 0.6) is 0 Å². The molecule has 0 aliphatic carbocycles. The maximum Gasteiger partial charge on any atom is 0.436 e. The predicted molar refractivity (Wildman–Crippen MR) is 69.8 cm³/mol. The number of halogens is 5. The van der Waals surface area contributed by atoms with Crippen LogP contribution in [0, 0.1) is 0 Å². The van der Waals surface area contributed by atoms with E-state index in [1.807, 2.05) is 0 Å². The topological polar surface area (TPSA) is 55.1 Å². The third-order valence-corrected chi connectivity index (χ3v) is 3.48. The molecular formula is C12H7Cl2F3N2O2. The van der Waals surface area contributed by atoms with E-state index in [1.165, 1.54) is 6.07 Å². The van der Waals surface area contributed by atoms with E-state index in [-0.39, 0.29) is 16.6 Å². The average molecular weight is 339 g/mol. The first-order valence-corrected chi connectivity index (χ1v) is 6.26. The fourth-order valence-electron chi connectivity index (χ4n) is 1.71. The van der Waals surface area contributed by atoms with Gasteiger partial charge >= 0.3 is 12.1 Å². The zero-order valence-electron chi connectivity index (χ0n) is 10.2. The summed E-state index contributed by atoms with van der Waals surface area (Å²) in [5, 5.41) is 12.5. The van der Waals surface area contributed by atoms with Crippen molar-refractivity contribution in [3.05, 3.63) is 51.3 Å². The summed E-state index contributed by atoms with van der Waals surface area (Å²) in [6, 6.07) is 4.67. The van der Waals surface area contributed by atoms with E-state index >= 15 is 0 Å². The first-order valence-electron chi connectivity index (χ1n) is 5.51. The van der Waals surface area contributed by atoms with Crippen LogP contribution in [0.1, 0.15) is 21.6 Å². The molecule has 0 unspecified atom stereocenters. The summed E-state index contributed by atoms with van der Waals surface area (Å²) < 4.78 is 39.0. The third kappa shape index (κ3) is 3.30. The Morgan fingerprint density at radius 3 is 2.52 bits per heavy atom. The zero-order chi connectivity index (χ0) is 15.8. The summed E-state index contributed by atoms with van der Waals surface area (Å²) in [7, 11) is 0. The summed E-state index contributed by atoms with van der Waals surface area (Å²) in [5.74, 6) is -1.70. The summed E-state index contributed by atoms with van der Waals surface area (Å²) in [4.78, 5) is 10.9.